The zero-order valence-corrected chi connectivity index (χ0v) is 11.0. The minimum atomic E-state index is -1.30. The van der Waals surface area contributed by atoms with Gasteiger partial charge < -0.3 is 4.74 Å². The highest BCUT2D eigenvalue weighted by atomic mass is 35.5. The molecular formula is C14H9ClF4O. The Hall–Kier alpha value is -1.75. The van der Waals surface area contributed by atoms with Crippen molar-refractivity contribution in [2.24, 2.45) is 0 Å². The van der Waals surface area contributed by atoms with Gasteiger partial charge in [-0.1, -0.05) is 6.07 Å². The molecule has 0 aliphatic rings. The van der Waals surface area contributed by atoms with E-state index in [1.54, 1.807) is 0 Å². The fourth-order valence-corrected chi connectivity index (χ4v) is 2.05. The van der Waals surface area contributed by atoms with Crippen LogP contribution < -0.4 is 4.74 Å². The Morgan fingerprint density at radius 3 is 2.20 bits per heavy atom. The molecule has 20 heavy (non-hydrogen) atoms. The summed E-state index contributed by atoms with van der Waals surface area (Å²) in [4.78, 5) is 0. The largest absolute Gasteiger partial charge is 0.494 e. The fourth-order valence-electron chi connectivity index (χ4n) is 1.75. The maximum absolute atomic E-state index is 13.6. The monoisotopic (exact) mass is 304 g/mol. The average Bonchev–Trinajstić information content (AvgIpc) is 2.42. The van der Waals surface area contributed by atoms with E-state index in [-0.39, 0.29) is 11.3 Å². The quantitative estimate of drug-likeness (QED) is 0.458. The number of rotatable bonds is 3. The van der Waals surface area contributed by atoms with Crippen molar-refractivity contribution in [2.75, 3.05) is 7.11 Å². The van der Waals surface area contributed by atoms with Crippen LogP contribution in [0.25, 0.3) is 0 Å². The SMILES string of the molecule is COc1cc(C(Cl)c2cc(F)c(F)cc2F)ccc1F. The molecule has 0 radical (unpaired) electrons. The normalized spacial score (nSPS) is 12.3. The third kappa shape index (κ3) is 2.72. The van der Waals surface area contributed by atoms with Crippen molar-refractivity contribution in [1.82, 2.24) is 0 Å². The Morgan fingerprint density at radius 2 is 1.55 bits per heavy atom. The number of methoxy groups -OCH3 is 1. The number of benzene rings is 2. The Labute approximate surface area is 117 Å². The van der Waals surface area contributed by atoms with Crippen molar-refractivity contribution in [1.29, 1.82) is 0 Å². The van der Waals surface area contributed by atoms with Crippen LogP contribution >= 0.6 is 11.6 Å². The lowest BCUT2D eigenvalue weighted by Gasteiger charge is -2.13. The summed E-state index contributed by atoms with van der Waals surface area (Å²) in [6, 6.07) is 4.78. The van der Waals surface area contributed by atoms with Gasteiger partial charge in [-0.25, -0.2) is 17.6 Å². The van der Waals surface area contributed by atoms with Crippen LogP contribution in [0.1, 0.15) is 16.5 Å². The van der Waals surface area contributed by atoms with E-state index >= 15 is 0 Å². The summed E-state index contributed by atoms with van der Waals surface area (Å²) >= 11 is 6.04. The van der Waals surface area contributed by atoms with Gasteiger partial charge >= 0.3 is 0 Å². The minimum Gasteiger partial charge on any atom is -0.494 e. The van der Waals surface area contributed by atoms with Crippen LogP contribution in [0.2, 0.25) is 0 Å². The smallest absolute Gasteiger partial charge is 0.165 e. The standard InChI is InChI=1S/C14H9ClF4O/c1-20-13-4-7(2-3-9(13)16)14(15)8-5-11(18)12(19)6-10(8)17/h2-6,14H,1H3. The Bertz CT molecular complexity index is 645. The van der Waals surface area contributed by atoms with Gasteiger partial charge in [-0.15, -0.1) is 11.6 Å². The Kier molecular flexibility index (Phi) is 4.18. The molecule has 0 N–H and O–H groups in total. The number of alkyl halides is 1. The summed E-state index contributed by atoms with van der Waals surface area (Å²) in [6.45, 7) is 0. The van der Waals surface area contributed by atoms with E-state index in [1.807, 2.05) is 0 Å². The highest BCUT2D eigenvalue weighted by molar-refractivity contribution is 6.22. The molecule has 1 unspecified atom stereocenters. The highest BCUT2D eigenvalue weighted by Gasteiger charge is 2.20. The van der Waals surface area contributed by atoms with Crippen LogP contribution in [0.3, 0.4) is 0 Å². The summed E-state index contributed by atoms with van der Waals surface area (Å²) in [6.07, 6.45) is 0. The van der Waals surface area contributed by atoms with E-state index in [1.165, 1.54) is 19.2 Å². The van der Waals surface area contributed by atoms with E-state index in [9.17, 15) is 17.6 Å². The van der Waals surface area contributed by atoms with Gasteiger partial charge in [0.05, 0.1) is 12.5 Å². The molecule has 2 aromatic rings. The molecule has 0 fully saturated rings. The number of hydrogen-bond donors (Lipinski definition) is 0. The molecule has 2 aromatic carbocycles. The molecule has 0 aliphatic carbocycles. The van der Waals surface area contributed by atoms with Crippen LogP contribution in [0, 0.1) is 23.3 Å². The average molecular weight is 305 g/mol. The second kappa shape index (κ2) is 5.71. The first-order chi connectivity index (χ1) is 9.43. The summed E-state index contributed by atoms with van der Waals surface area (Å²) in [5, 5.41) is -1.10. The highest BCUT2D eigenvalue weighted by Crippen LogP contribution is 2.34. The molecule has 0 saturated carbocycles. The van der Waals surface area contributed by atoms with Gasteiger partial charge in [-0.05, 0) is 23.8 Å². The zero-order valence-electron chi connectivity index (χ0n) is 10.3. The van der Waals surface area contributed by atoms with E-state index < -0.39 is 28.6 Å². The van der Waals surface area contributed by atoms with Gasteiger partial charge in [0, 0.05) is 11.6 Å². The third-order valence-corrected chi connectivity index (χ3v) is 3.27. The molecule has 1 nitrogen and oxygen atoms in total. The summed E-state index contributed by atoms with van der Waals surface area (Å²) < 4.78 is 57.7. The first kappa shape index (κ1) is 14.7. The third-order valence-electron chi connectivity index (χ3n) is 2.78. The molecule has 0 bridgehead atoms. The van der Waals surface area contributed by atoms with E-state index in [0.717, 1.165) is 6.07 Å². The Morgan fingerprint density at radius 1 is 0.900 bits per heavy atom. The molecule has 0 aliphatic heterocycles. The lowest BCUT2D eigenvalue weighted by atomic mass is 10.0. The predicted molar refractivity (Wildman–Crippen MR) is 67.0 cm³/mol. The first-order valence-corrected chi connectivity index (χ1v) is 5.99. The maximum Gasteiger partial charge on any atom is 0.165 e. The lowest BCUT2D eigenvalue weighted by Crippen LogP contribution is -2.01. The minimum absolute atomic E-state index is 0.0730. The topological polar surface area (TPSA) is 9.23 Å². The van der Waals surface area contributed by atoms with Gasteiger partial charge in [0.25, 0.3) is 0 Å². The lowest BCUT2D eigenvalue weighted by molar-refractivity contribution is 0.386. The molecule has 0 saturated heterocycles. The number of hydrogen-bond acceptors (Lipinski definition) is 1. The molecule has 0 amide bonds. The molecule has 2 rings (SSSR count). The van der Waals surface area contributed by atoms with E-state index in [0.29, 0.717) is 17.7 Å². The molecule has 0 spiro atoms. The van der Waals surface area contributed by atoms with Gasteiger partial charge in [0.2, 0.25) is 0 Å². The van der Waals surface area contributed by atoms with Crippen molar-refractivity contribution in [2.45, 2.75) is 5.38 Å². The van der Waals surface area contributed by atoms with E-state index in [4.69, 9.17) is 16.3 Å². The summed E-state index contributed by atoms with van der Waals surface area (Å²) in [5.41, 5.74) is 0.0639. The molecule has 6 heteroatoms. The van der Waals surface area contributed by atoms with Crippen LogP contribution in [0.15, 0.2) is 30.3 Å². The van der Waals surface area contributed by atoms with Crippen molar-refractivity contribution >= 4 is 11.6 Å². The van der Waals surface area contributed by atoms with Crippen molar-refractivity contribution in [3.63, 3.8) is 0 Å². The molecule has 1 atom stereocenters. The van der Waals surface area contributed by atoms with Gasteiger partial charge in [0.1, 0.15) is 5.82 Å². The zero-order chi connectivity index (χ0) is 14.9. The van der Waals surface area contributed by atoms with Gasteiger partial charge in [0.15, 0.2) is 23.2 Å². The van der Waals surface area contributed by atoms with Crippen LogP contribution in [-0.4, -0.2) is 7.11 Å². The Balaban J connectivity index is 2.46. The van der Waals surface area contributed by atoms with Crippen LogP contribution in [0.4, 0.5) is 17.6 Å². The number of ether oxygens (including phenoxy) is 1. The van der Waals surface area contributed by atoms with E-state index in [2.05, 4.69) is 0 Å². The predicted octanol–water partition coefficient (Wildman–Crippen LogP) is 4.58. The molecule has 0 aromatic heterocycles. The fraction of sp³-hybridized carbons (Fsp3) is 0.143. The second-order valence-corrected chi connectivity index (χ2v) is 4.48. The summed E-state index contributed by atoms with van der Waals surface area (Å²) in [5.74, 6) is -4.16. The maximum atomic E-state index is 13.6. The van der Waals surface area contributed by atoms with Gasteiger partial charge in [-0.3, -0.25) is 0 Å². The van der Waals surface area contributed by atoms with Crippen molar-refractivity contribution < 1.29 is 22.3 Å². The summed E-state index contributed by atoms with van der Waals surface area (Å²) in [7, 11) is 1.27. The van der Waals surface area contributed by atoms with Crippen LogP contribution in [0.5, 0.6) is 5.75 Å². The first-order valence-electron chi connectivity index (χ1n) is 5.56. The number of halogens is 5. The van der Waals surface area contributed by atoms with Crippen molar-refractivity contribution in [3.8, 4) is 5.75 Å². The van der Waals surface area contributed by atoms with Gasteiger partial charge in [-0.2, -0.15) is 0 Å². The second-order valence-electron chi connectivity index (χ2n) is 4.04. The van der Waals surface area contributed by atoms with Crippen LogP contribution in [-0.2, 0) is 0 Å². The molecule has 0 heterocycles. The molecular weight excluding hydrogens is 296 g/mol. The van der Waals surface area contributed by atoms with Crippen molar-refractivity contribution in [3.05, 3.63) is 64.7 Å². The molecule has 106 valence electrons.